The number of hydrogen-bond donors (Lipinski definition) is 1. The number of rotatable bonds is 2. The zero-order valence-corrected chi connectivity index (χ0v) is 8.64. The second kappa shape index (κ2) is 4.14. The van der Waals surface area contributed by atoms with E-state index >= 15 is 0 Å². The lowest BCUT2D eigenvalue weighted by atomic mass is 10.3. The topological polar surface area (TPSA) is 61.0 Å². The van der Waals surface area contributed by atoms with Crippen LogP contribution in [0.3, 0.4) is 0 Å². The molecule has 0 amide bonds. The van der Waals surface area contributed by atoms with E-state index in [1.807, 2.05) is 0 Å². The van der Waals surface area contributed by atoms with E-state index in [0.29, 0.717) is 5.69 Å². The summed E-state index contributed by atoms with van der Waals surface area (Å²) in [4.78, 5) is 7.74. The van der Waals surface area contributed by atoms with Gasteiger partial charge in [-0.1, -0.05) is 12.1 Å². The van der Waals surface area contributed by atoms with Gasteiger partial charge in [-0.05, 0) is 19.1 Å². The van der Waals surface area contributed by atoms with E-state index in [1.54, 1.807) is 25.1 Å². The minimum atomic E-state index is -0.447. The summed E-state index contributed by atoms with van der Waals surface area (Å²) in [6, 6.07) is 7.68. The fourth-order valence-corrected chi connectivity index (χ4v) is 1.25. The number of aryl methyl sites for hydroxylation is 1. The second-order valence-corrected chi connectivity index (χ2v) is 3.24. The van der Waals surface area contributed by atoms with Crippen LogP contribution in [0.25, 0.3) is 0 Å². The molecule has 82 valence electrons. The number of nitrogens with zero attached hydrogens (tertiary/aromatic N) is 2. The largest absolute Gasteiger partial charge is 0.436 e. The van der Waals surface area contributed by atoms with Gasteiger partial charge < -0.3 is 10.5 Å². The van der Waals surface area contributed by atoms with Gasteiger partial charge in [0.2, 0.25) is 11.8 Å². The average molecular weight is 219 g/mol. The number of benzene rings is 1. The SMILES string of the molecule is Cc1cc(Oc2ccccc2F)nc(N)n1. The quantitative estimate of drug-likeness (QED) is 0.841. The Hall–Kier alpha value is -2.17. The molecule has 0 aliphatic carbocycles. The summed E-state index contributed by atoms with van der Waals surface area (Å²) in [6.07, 6.45) is 0. The van der Waals surface area contributed by atoms with Crippen molar-refractivity contribution in [1.29, 1.82) is 0 Å². The monoisotopic (exact) mass is 219 g/mol. The van der Waals surface area contributed by atoms with E-state index in [4.69, 9.17) is 10.5 Å². The van der Waals surface area contributed by atoms with Gasteiger partial charge in [0.1, 0.15) is 0 Å². The average Bonchev–Trinajstić information content (AvgIpc) is 2.20. The number of ether oxygens (including phenoxy) is 1. The minimum Gasteiger partial charge on any atom is -0.436 e. The van der Waals surface area contributed by atoms with E-state index < -0.39 is 5.82 Å². The summed E-state index contributed by atoms with van der Waals surface area (Å²) in [7, 11) is 0. The Labute approximate surface area is 91.9 Å². The predicted molar refractivity (Wildman–Crippen MR) is 57.7 cm³/mol. The molecule has 1 aromatic carbocycles. The van der Waals surface area contributed by atoms with Crippen molar-refractivity contribution in [3.8, 4) is 11.6 Å². The van der Waals surface area contributed by atoms with Gasteiger partial charge in [0, 0.05) is 11.8 Å². The van der Waals surface area contributed by atoms with Crippen LogP contribution < -0.4 is 10.5 Å². The van der Waals surface area contributed by atoms with Crippen LogP contribution in [-0.2, 0) is 0 Å². The first-order chi connectivity index (χ1) is 7.65. The summed E-state index contributed by atoms with van der Waals surface area (Å²) in [6.45, 7) is 1.76. The number of halogens is 1. The Morgan fingerprint density at radius 2 is 2.00 bits per heavy atom. The van der Waals surface area contributed by atoms with Crippen LogP contribution in [0.15, 0.2) is 30.3 Å². The normalized spacial score (nSPS) is 10.1. The first kappa shape index (κ1) is 10.4. The lowest BCUT2D eigenvalue weighted by Gasteiger charge is -2.06. The van der Waals surface area contributed by atoms with Gasteiger partial charge in [0.25, 0.3) is 0 Å². The molecule has 1 heterocycles. The van der Waals surface area contributed by atoms with Crippen LogP contribution in [0.5, 0.6) is 11.6 Å². The predicted octanol–water partition coefficient (Wildman–Crippen LogP) is 2.30. The molecule has 0 aliphatic rings. The van der Waals surface area contributed by atoms with Crippen molar-refractivity contribution in [3.63, 3.8) is 0 Å². The third-order valence-corrected chi connectivity index (χ3v) is 1.90. The number of nitrogen functional groups attached to an aromatic ring is 1. The molecule has 0 aliphatic heterocycles. The highest BCUT2D eigenvalue weighted by Gasteiger charge is 2.05. The number of para-hydroxylation sites is 1. The number of aromatic nitrogens is 2. The first-order valence-electron chi connectivity index (χ1n) is 4.69. The highest BCUT2D eigenvalue weighted by Crippen LogP contribution is 2.22. The van der Waals surface area contributed by atoms with Gasteiger partial charge >= 0.3 is 0 Å². The van der Waals surface area contributed by atoms with Gasteiger partial charge in [-0.2, -0.15) is 4.98 Å². The minimum absolute atomic E-state index is 0.103. The Balaban J connectivity index is 2.30. The molecule has 0 atom stereocenters. The van der Waals surface area contributed by atoms with E-state index in [1.165, 1.54) is 12.1 Å². The van der Waals surface area contributed by atoms with E-state index in [2.05, 4.69) is 9.97 Å². The highest BCUT2D eigenvalue weighted by molar-refractivity contribution is 5.31. The van der Waals surface area contributed by atoms with Gasteiger partial charge in [-0.15, -0.1) is 0 Å². The molecule has 0 saturated carbocycles. The third-order valence-electron chi connectivity index (χ3n) is 1.90. The van der Waals surface area contributed by atoms with E-state index in [9.17, 15) is 4.39 Å². The van der Waals surface area contributed by atoms with Gasteiger partial charge in [-0.3, -0.25) is 0 Å². The van der Waals surface area contributed by atoms with E-state index in [-0.39, 0.29) is 17.6 Å². The molecule has 1 aromatic heterocycles. The fraction of sp³-hybridized carbons (Fsp3) is 0.0909. The van der Waals surface area contributed by atoms with Crippen molar-refractivity contribution in [1.82, 2.24) is 9.97 Å². The maximum atomic E-state index is 13.3. The summed E-state index contributed by atoms with van der Waals surface area (Å²) in [5.74, 6) is -0.00113. The Bertz CT molecular complexity index is 496. The van der Waals surface area contributed by atoms with Crippen molar-refractivity contribution >= 4 is 5.95 Å². The second-order valence-electron chi connectivity index (χ2n) is 3.24. The molecule has 2 rings (SSSR count). The maximum Gasteiger partial charge on any atom is 0.224 e. The Morgan fingerprint density at radius 1 is 1.25 bits per heavy atom. The smallest absolute Gasteiger partial charge is 0.224 e. The zero-order valence-electron chi connectivity index (χ0n) is 8.64. The van der Waals surface area contributed by atoms with Crippen molar-refractivity contribution in [2.75, 3.05) is 5.73 Å². The summed E-state index contributed by atoms with van der Waals surface area (Å²) >= 11 is 0. The van der Waals surface area contributed by atoms with Crippen LogP contribution >= 0.6 is 0 Å². The van der Waals surface area contributed by atoms with Gasteiger partial charge in [-0.25, -0.2) is 9.37 Å². The van der Waals surface area contributed by atoms with Crippen LogP contribution in [0.2, 0.25) is 0 Å². The molecule has 0 spiro atoms. The molecule has 16 heavy (non-hydrogen) atoms. The first-order valence-corrected chi connectivity index (χ1v) is 4.69. The lowest BCUT2D eigenvalue weighted by molar-refractivity contribution is 0.427. The standard InChI is InChI=1S/C11H10FN3O/c1-7-6-10(15-11(13)14-7)16-9-5-3-2-4-8(9)12/h2-6H,1H3,(H2,13,14,15). The summed E-state index contributed by atoms with van der Waals surface area (Å²) < 4.78 is 18.5. The fourth-order valence-electron chi connectivity index (χ4n) is 1.25. The summed E-state index contributed by atoms with van der Waals surface area (Å²) in [5.41, 5.74) is 6.12. The molecule has 5 heteroatoms. The summed E-state index contributed by atoms with van der Waals surface area (Å²) in [5, 5.41) is 0. The number of nitrogens with two attached hydrogens (primary N) is 1. The van der Waals surface area contributed by atoms with Crippen molar-refractivity contribution in [2.45, 2.75) is 6.92 Å². The molecule has 2 N–H and O–H groups in total. The maximum absolute atomic E-state index is 13.3. The van der Waals surface area contributed by atoms with Crippen molar-refractivity contribution in [3.05, 3.63) is 41.8 Å². The van der Waals surface area contributed by atoms with Crippen molar-refractivity contribution < 1.29 is 9.13 Å². The molecule has 0 radical (unpaired) electrons. The Morgan fingerprint density at radius 3 is 2.69 bits per heavy atom. The molecule has 0 bridgehead atoms. The molecular weight excluding hydrogens is 209 g/mol. The lowest BCUT2D eigenvalue weighted by Crippen LogP contribution is -1.99. The third kappa shape index (κ3) is 2.25. The van der Waals surface area contributed by atoms with Gasteiger partial charge in [0.05, 0.1) is 0 Å². The van der Waals surface area contributed by atoms with Crippen molar-refractivity contribution in [2.24, 2.45) is 0 Å². The van der Waals surface area contributed by atoms with Gasteiger partial charge in [0.15, 0.2) is 11.6 Å². The molecular formula is C11H10FN3O. The molecule has 4 nitrogen and oxygen atoms in total. The zero-order chi connectivity index (χ0) is 11.5. The van der Waals surface area contributed by atoms with Crippen LogP contribution in [0.1, 0.15) is 5.69 Å². The molecule has 2 aromatic rings. The number of hydrogen-bond acceptors (Lipinski definition) is 4. The number of anilines is 1. The molecule has 0 fully saturated rings. The molecule has 0 unspecified atom stereocenters. The van der Waals surface area contributed by atoms with Crippen LogP contribution in [0.4, 0.5) is 10.3 Å². The molecule has 0 saturated heterocycles. The van der Waals surface area contributed by atoms with Crippen LogP contribution in [0, 0.1) is 12.7 Å². The van der Waals surface area contributed by atoms with Crippen LogP contribution in [-0.4, -0.2) is 9.97 Å². The highest BCUT2D eigenvalue weighted by atomic mass is 19.1. The Kier molecular flexibility index (Phi) is 2.68. The van der Waals surface area contributed by atoms with E-state index in [0.717, 1.165) is 0 Å².